The van der Waals surface area contributed by atoms with Gasteiger partial charge in [-0.15, -0.1) is 0 Å². The molecule has 0 saturated carbocycles. The second kappa shape index (κ2) is 13.3. The molecule has 0 bridgehead atoms. The van der Waals surface area contributed by atoms with Gasteiger partial charge in [-0.1, -0.05) is 49.4 Å². The summed E-state index contributed by atoms with van der Waals surface area (Å²) < 4.78 is 33.6. The molecule has 198 valence electrons. The van der Waals surface area contributed by atoms with Crippen LogP contribution in [-0.2, 0) is 24.2 Å². The lowest BCUT2D eigenvalue weighted by molar-refractivity contribution is -0.128. The number of aliphatic hydroxyl groups is 1. The van der Waals surface area contributed by atoms with Gasteiger partial charge < -0.3 is 20.5 Å². The van der Waals surface area contributed by atoms with Crippen molar-refractivity contribution in [3.63, 3.8) is 0 Å². The molecule has 0 aromatic heterocycles. The van der Waals surface area contributed by atoms with Crippen molar-refractivity contribution in [3.05, 3.63) is 100 Å². The van der Waals surface area contributed by atoms with Crippen LogP contribution < -0.4 is 15.4 Å². The van der Waals surface area contributed by atoms with Crippen LogP contribution in [0, 0.1) is 25.5 Å². The van der Waals surface area contributed by atoms with Crippen molar-refractivity contribution in [2.24, 2.45) is 0 Å². The fourth-order valence-corrected chi connectivity index (χ4v) is 4.25. The molecule has 0 fully saturated rings. The quantitative estimate of drug-likeness (QED) is 0.328. The molecular weight excluding hydrogens is 474 g/mol. The first kappa shape index (κ1) is 28.3. The molecule has 0 aliphatic heterocycles. The molecule has 37 heavy (non-hydrogen) atoms. The second-order valence-corrected chi connectivity index (χ2v) is 9.45. The number of benzene rings is 3. The van der Waals surface area contributed by atoms with Gasteiger partial charge in [0.25, 0.3) is 5.91 Å². The average Bonchev–Trinajstić information content (AvgIpc) is 2.85. The van der Waals surface area contributed by atoms with Crippen LogP contribution >= 0.6 is 0 Å². The zero-order valence-corrected chi connectivity index (χ0v) is 21.9. The van der Waals surface area contributed by atoms with E-state index in [2.05, 4.69) is 29.7 Å². The molecule has 3 aromatic rings. The monoisotopic (exact) mass is 510 g/mol. The van der Waals surface area contributed by atoms with Crippen molar-refractivity contribution in [2.75, 3.05) is 6.54 Å². The summed E-state index contributed by atoms with van der Waals surface area (Å²) >= 11 is 0. The van der Waals surface area contributed by atoms with Gasteiger partial charge in [0.05, 0.1) is 12.1 Å². The Labute approximate surface area is 217 Å². The number of hydrogen-bond acceptors (Lipinski definition) is 4. The Bertz CT molecular complexity index is 1160. The Balaban J connectivity index is 1.70. The lowest BCUT2D eigenvalue weighted by atomic mass is 10.00. The molecule has 0 radical (unpaired) electrons. The largest absolute Gasteiger partial charge is 0.480 e. The Morgan fingerprint density at radius 2 is 1.57 bits per heavy atom. The third-order valence-corrected chi connectivity index (χ3v) is 6.32. The Morgan fingerprint density at radius 1 is 0.946 bits per heavy atom. The number of halogens is 2. The van der Waals surface area contributed by atoms with E-state index in [0.717, 1.165) is 29.2 Å². The first-order valence-corrected chi connectivity index (χ1v) is 12.6. The number of nitrogens with one attached hydrogen (secondary N) is 2. The van der Waals surface area contributed by atoms with Crippen LogP contribution in [0.5, 0.6) is 5.75 Å². The molecule has 0 saturated heterocycles. The third-order valence-electron chi connectivity index (χ3n) is 6.32. The summed E-state index contributed by atoms with van der Waals surface area (Å²) in [6, 6.07) is 16.3. The van der Waals surface area contributed by atoms with Crippen LogP contribution in [0.1, 0.15) is 41.7 Å². The number of carbonyl (C=O) groups is 1. The second-order valence-electron chi connectivity index (χ2n) is 9.45. The topological polar surface area (TPSA) is 70.6 Å². The van der Waals surface area contributed by atoms with E-state index in [1.54, 1.807) is 6.92 Å². The van der Waals surface area contributed by atoms with E-state index < -0.39 is 35.8 Å². The zero-order chi connectivity index (χ0) is 26.9. The van der Waals surface area contributed by atoms with Crippen molar-refractivity contribution < 1.29 is 23.4 Å². The fraction of sp³-hybridized carbons (Fsp3) is 0.367. The summed E-state index contributed by atoms with van der Waals surface area (Å²) in [6.07, 6.45) is -0.887. The molecule has 0 spiro atoms. The summed E-state index contributed by atoms with van der Waals surface area (Å²) in [6.45, 7) is 8.23. The fourth-order valence-electron chi connectivity index (χ4n) is 4.25. The summed E-state index contributed by atoms with van der Waals surface area (Å²) in [5.74, 6) is -1.23. The maximum atomic E-state index is 13.8. The molecule has 3 aromatic carbocycles. The number of carbonyl (C=O) groups excluding carboxylic acids is 1. The molecule has 0 aliphatic rings. The van der Waals surface area contributed by atoms with E-state index in [1.165, 1.54) is 17.7 Å². The normalized spacial score (nSPS) is 13.6. The molecule has 7 heteroatoms. The van der Waals surface area contributed by atoms with E-state index in [-0.39, 0.29) is 13.0 Å². The Hall–Kier alpha value is -3.29. The van der Waals surface area contributed by atoms with E-state index in [4.69, 9.17) is 4.74 Å². The van der Waals surface area contributed by atoms with Crippen molar-refractivity contribution in [3.8, 4) is 5.75 Å². The molecular formula is C30H36F2N2O3. The minimum absolute atomic E-state index is 0.0463. The summed E-state index contributed by atoms with van der Waals surface area (Å²) in [7, 11) is 0. The SMILES string of the molecule is CCc1cccc(CNC[C@H](O)[C@H](Cc2cc(F)cc(F)c2)NC(=O)C(C)Oc2c(C)cccc2C)c1. The minimum Gasteiger partial charge on any atom is -0.480 e. The van der Waals surface area contributed by atoms with Gasteiger partial charge in [0.15, 0.2) is 6.10 Å². The summed E-state index contributed by atoms with van der Waals surface area (Å²) in [4.78, 5) is 13.1. The first-order chi connectivity index (χ1) is 17.7. The number of para-hydroxylation sites is 1. The maximum absolute atomic E-state index is 13.8. The van der Waals surface area contributed by atoms with Crippen LogP contribution in [0.25, 0.3) is 0 Å². The number of ether oxygens (including phenoxy) is 1. The van der Waals surface area contributed by atoms with Crippen LogP contribution in [0.3, 0.4) is 0 Å². The maximum Gasteiger partial charge on any atom is 0.261 e. The van der Waals surface area contributed by atoms with Crippen LogP contribution in [0.15, 0.2) is 60.7 Å². The van der Waals surface area contributed by atoms with Gasteiger partial charge >= 0.3 is 0 Å². The van der Waals surface area contributed by atoms with Crippen molar-refractivity contribution in [1.29, 1.82) is 0 Å². The van der Waals surface area contributed by atoms with Gasteiger partial charge in [-0.25, -0.2) is 8.78 Å². The third kappa shape index (κ3) is 8.37. The van der Waals surface area contributed by atoms with E-state index in [9.17, 15) is 18.7 Å². The molecule has 1 amide bonds. The molecule has 0 aliphatic carbocycles. The van der Waals surface area contributed by atoms with Crippen LogP contribution in [0.4, 0.5) is 8.78 Å². The Morgan fingerprint density at radius 3 is 2.22 bits per heavy atom. The van der Waals surface area contributed by atoms with E-state index in [1.807, 2.05) is 44.2 Å². The highest BCUT2D eigenvalue weighted by atomic mass is 19.1. The predicted octanol–water partition coefficient (Wildman–Crippen LogP) is 4.79. The van der Waals surface area contributed by atoms with Gasteiger partial charge in [-0.05, 0) is 73.6 Å². The highest BCUT2D eigenvalue weighted by molar-refractivity contribution is 5.81. The van der Waals surface area contributed by atoms with Gasteiger partial charge in [0.2, 0.25) is 0 Å². The lowest BCUT2D eigenvalue weighted by Crippen LogP contribution is -2.51. The Kier molecular flexibility index (Phi) is 10.2. The van der Waals surface area contributed by atoms with E-state index in [0.29, 0.717) is 17.9 Å². The number of hydrogen-bond donors (Lipinski definition) is 3. The number of aliphatic hydroxyl groups excluding tert-OH is 1. The highest BCUT2D eigenvalue weighted by Gasteiger charge is 2.26. The molecule has 3 N–H and O–H groups in total. The lowest BCUT2D eigenvalue weighted by Gasteiger charge is -2.27. The van der Waals surface area contributed by atoms with Crippen molar-refractivity contribution in [1.82, 2.24) is 10.6 Å². The average molecular weight is 511 g/mol. The predicted molar refractivity (Wildman–Crippen MR) is 142 cm³/mol. The van der Waals surface area contributed by atoms with Gasteiger partial charge in [0, 0.05) is 19.2 Å². The van der Waals surface area contributed by atoms with Crippen LogP contribution in [-0.4, -0.2) is 35.8 Å². The molecule has 3 atom stereocenters. The first-order valence-electron chi connectivity index (χ1n) is 12.6. The van der Waals surface area contributed by atoms with Crippen molar-refractivity contribution >= 4 is 5.91 Å². The molecule has 3 rings (SSSR count). The highest BCUT2D eigenvalue weighted by Crippen LogP contribution is 2.23. The molecule has 1 unspecified atom stereocenters. The number of rotatable bonds is 12. The smallest absolute Gasteiger partial charge is 0.261 e. The standard InChI is InChI=1S/C30H36F2N2O3/c1-5-22-10-7-11-23(12-22)17-33-18-28(35)27(15-24-13-25(31)16-26(32)14-24)34-30(36)21(4)37-29-19(2)8-6-9-20(29)3/h6-14,16,21,27-28,33,35H,5,15,17-18H2,1-4H3,(H,34,36)/t21?,27-,28-/m0/s1. The van der Waals surface area contributed by atoms with Gasteiger partial charge in [0.1, 0.15) is 17.4 Å². The van der Waals surface area contributed by atoms with Gasteiger partial charge in [-0.3, -0.25) is 4.79 Å². The summed E-state index contributed by atoms with van der Waals surface area (Å²) in [5, 5.41) is 17.0. The molecule has 0 heterocycles. The van der Waals surface area contributed by atoms with E-state index >= 15 is 0 Å². The zero-order valence-electron chi connectivity index (χ0n) is 21.9. The number of amides is 1. The van der Waals surface area contributed by atoms with Crippen molar-refractivity contribution in [2.45, 2.75) is 65.3 Å². The number of aryl methyl sites for hydroxylation is 3. The van der Waals surface area contributed by atoms with Gasteiger partial charge in [-0.2, -0.15) is 0 Å². The van der Waals surface area contributed by atoms with Crippen LogP contribution in [0.2, 0.25) is 0 Å². The summed E-state index contributed by atoms with van der Waals surface area (Å²) in [5.41, 5.74) is 4.44. The minimum atomic E-state index is -1.02. The molecule has 5 nitrogen and oxygen atoms in total.